The van der Waals surface area contributed by atoms with Crippen LogP contribution in [0.25, 0.3) is 6.08 Å². The van der Waals surface area contributed by atoms with Crippen LogP contribution in [0.3, 0.4) is 0 Å². The van der Waals surface area contributed by atoms with Gasteiger partial charge in [0.1, 0.15) is 5.75 Å². The summed E-state index contributed by atoms with van der Waals surface area (Å²) in [5.74, 6) is 0.428. The monoisotopic (exact) mass is 309 g/mol. The summed E-state index contributed by atoms with van der Waals surface area (Å²) >= 11 is 0. The number of ether oxygens (including phenoxy) is 1. The minimum atomic E-state index is -0.267. The van der Waals surface area contributed by atoms with Crippen LogP contribution in [0.5, 0.6) is 5.75 Å². The molecule has 0 atom stereocenters. The predicted octanol–water partition coefficient (Wildman–Crippen LogP) is 3.94. The first-order chi connectivity index (χ1) is 11.1. The van der Waals surface area contributed by atoms with E-state index in [0.717, 1.165) is 11.3 Å². The molecule has 4 nitrogen and oxygen atoms in total. The van der Waals surface area contributed by atoms with E-state index in [9.17, 15) is 9.59 Å². The maximum Gasteiger partial charge on any atom is 0.248 e. The summed E-state index contributed by atoms with van der Waals surface area (Å²) in [5, 5.41) is 2.74. The van der Waals surface area contributed by atoms with Crippen LogP contribution >= 0.6 is 0 Å². The summed E-state index contributed by atoms with van der Waals surface area (Å²) in [5.41, 5.74) is 1.99. The fourth-order valence-corrected chi connectivity index (χ4v) is 2.07. The van der Waals surface area contributed by atoms with E-state index in [0.29, 0.717) is 17.9 Å². The number of carbonyl (C=O) groups excluding carboxylic acids is 2. The Kier molecular flexibility index (Phi) is 5.69. The van der Waals surface area contributed by atoms with Crippen LogP contribution in [0.4, 0.5) is 5.69 Å². The molecule has 1 N–H and O–H groups in total. The molecule has 0 heterocycles. The van der Waals surface area contributed by atoms with Gasteiger partial charge in [0.15, 0.2) is 5.78 Å². The first-order valence-electron chi connectivity index (χ1n) is 7.42. The van der Waals surface area contributed by atoms with E-state index in [4.69, 9.17) is 4.74 Å². The molecule has 0 saturated heterocycles. The van der Waals surface area contributed by atoms with Crippen molar-refractivity contribution in [2.75, 3.05) is 11.9 Å². The number of rotatable bonds is 6. The average molecular weight is 309 g/mol. The Balaban J connectivity index is 2.08. The second-order valence-electron chi connectivity index (χ2n) is 4.93. The number of carbonyl (C=O) groups is 2. The van der Waals surface area contributed by atoms with Gasteiger partial charge in [-0.15, -0.1) is 0 Å². The van der Waals surface area contributed by atoms with E-state index in [2.05, 4.69) is 5.32 Å². The third kappa shape index (κ3) is 4.81. The molecule has 23 heavy (non-hydrogen) atoms. The minimum Gasteiger partial charge on any atom is -0.493 e. The highest BCUT2D eigenvalue weighted by molar-refractivity contribution is 6.03. The quantitative estimate of drug-likeness (QED) is 0.649. The maximum absolute atomic E-state index is 12.0. The Labute approximate surface area is 135 Å². The zero-order valence-electron chi connectivity index (χ0n) is 13.2. The third-order valence-electron chi connectivity index (χ3n) is 3.17. The first kappa shape index (κ1) is 16.5. The zero-order chi connectivity index (χ0) is 16.7. The van der Waals surface area contributed by atoms with Crippen LogP contribution in [0.1, 0.15) is 29.8 Å². The van der Waals surface area contributed by atoms with E-state index in [1.807, 2.05) is 31.2 Å². The Morgan fingerprint density at radius 2 is 1.91 bits per heavy atom. The Hall–Kier alpha value is -2.88. The summed E-state index contributed by atoms with van der Waals surface area (Å²) in [6, 6.07) is 14.4. The van der Waals surface area contributed by atoms with E-state index in [1.165, 1.54) is 13.0 Å². The van der Waals surface area contributed by atoms with Gasteiger partial charge >= 0.3 is 0 Å². The molecule has 0 saturated carbocycles. The van der Waals surface area contributed by atoms with Gasteiger partial charge in [-0.2, -0.15) is 0 Å². The SMILES string of the molecule is CCOc1ccccc1C=CC(=O)Nc1cccc(C(C)=O)c1. The molecule has 0 aromatic heterocycles. The van der Waals surface area contributed by atoms with Gasteiger partial charge < -0.3 is 10.1 Å². The smallest absolute Gasteiger partial charge is 0.248 e. The van der Waals surface area contributed by atoms with Gasteiger partial charge in [0.05, 0.1) is 6.61 Å². The van der Waals surface area contributed by atoms with Gasteiger partial charge in [-0.05, 0) is 38.1 Å². The van der Waals surface area contributed by atoms with Crippen molar-refractivity contribution in [1.29, 1.82) is 0 Å². The number of amides is 1. The standard InChI is InChI=1S/C19H19NO3/c1-3-23-18-10-5-4-7-15(18)11-12-19(22)20-17-9-6-8-16(13-17)14(2)21/h4-13H,3H2,1-2H3,(H,20,22). The van der Waals surface area contributed by atoms with Crippen LogP contribution in [0.15, 0.2) is 54.6 Å². The van der Waals surface area contributed by atoms with Crippen LogP contribution in [-0.4, -0.2) is 18.3 Å². The van der Waals surface area contributed by atoms with Gasteiger partial charge in [-0.1, -0.05) is 30.3 Å². The zero-order valence-corrected chi connectivity index (χ0v) is 13.2. The van der Waals surface area contributed by atoms with Crippen molar-refractivity contribution in [1.82, 2.24) is 0 Å². The van der Waals surface area contributed by atoms with E-state index >= 15 is 0 Å². The van der Waals surface area contributed by atoms with Gasteiger partial charge in [-0.3, -0.25) is 9.59 Å². The highest BCUT2D eigenvalue weighted by Crippen LogP contribution is 2.19. The van der Waals surface area contributed by atoms with Crippen molar-refractivity contribution in [2.45, 2.75) is 13.8 Å². The van der Waals surface area contributed by atoms with E-state index < -0.39 is 0 Å². The molecule has 118 valence electrons. The topological polar surface area (TPSA) is 55.4 Å². The number of hydrogen-bond donors (Lipinski definition) is 1. The molecule has 2 aromatic rings. The number of hydrogen-bond acceptors (Lipinski definition) is 3. The first-order valence-corrected chi connectivity index (χ1v) is 7.42. The molecule has 4 heteroatoms. The molecule has 0 radical (unpaired) electrons. The maximum atomic E-state index is 12.0. The van der Waals surface area contributed by atoms with Crippen molar-refractivity contribution in [2.24, 2.45) is 0 Å². The molecule has 0 fully saturated rings. The molecule has 0 aliphatic carbocycles. The molecule has 0 bridgehead atoms. The summed E-state index contributed by atoms with van der Waals surface area (Å²) < 4.78 is 5.51. The summed E-state index contributed by atoms with van der Waals surface area (Å²) in [7, 11) is 0. The number of ketones is 1. The summed E-state index contributed by atoms with van der Waals surface area (Å²) in [6.07, 6.45) is 3.15. The second-order valence-corrected chi connectivity index (χ2v) is 4.93. The predicted molar refractivity (Wildman–Crippen MR) is 91.7 cm³/mol. The molecular formula is C19H19NO3. The van der Waals surface area contributed by atoms with Crippen molar-refractivity contribution in [3.05, 3.63) is 65.7 Å². The highest BCUT2D eigenvalue weighted by Gasteiger charge is 2.03. The fraction of sp³-hybridized carbons (Fsp3) is 0.158. The Morgan fingerprint density at radius 1 is 1.13 bits per heavy atom. The highest BCUT2D eigenvalue weighted by atomic mass is 16.5. The Bertz CT molecular complexity index is 735. The van der Waals surface area contributed by atoms with Crippen molar-refractivity contribution in [3.63, 3.8) is 0 Å². The van der Waals surface area contributed by atoms with Crippen LogP contribution in [-0.2, 0) is 4.79 Å². The van der Waals surface area contributed by atoms with Crippen LogP contribution < -0.4 is 10.1 Å². The van der Waals surface area contributed by atoms with E-state index in [1.54, 1.807) is 30.3 Å². The number of anilines is 1. The molecule has 1 amide bonds. The molecule has 0 aliphatic heterocycles. The van der Waals surface area contributed by atoms with Gasteiger partial charge in [0, 0.05) is 22.9 Å². The molecule has 0 unspecified atom stereocenters. The van der Waals surface area contributed by atoms with Gasteiger partial charge in [-0.25, -0.2) is 0 Å². The molecular weight excluding hydrogens is 290 g/mol. The van der Waals surface area contributed by atoms with Crippen LogP contribution in [0, 0.1) is 0 Å². The summed E-state index contributed by atoms with van der Waals surface area (Å²) in [4.78, 5) is 23.4. The van der Waals surface area contributed by atoms with E-state index in [-0.39, 0.29) is 11.7 Å². The van der Waals surface area contributed by atoms with Crippen molar-refractivity contribution < 1.29 is 14.3 Å². The fourth-order valence-electron chi connectivity index (χ4n) is 2.07. The third-order valence-corrected chi connectivity index (χ3v) is 3.17. The Morgan fingerprint density at radius 3 is 2.65 bits per heavy atom. The number of para-hydroxylation sites is 1. The summed E-state index contributed by atoms with van der Waals surface area (Å²) in [6.45, 7) is 3.97. The molecule has 0 spiro atoms. The lowest BCUT2D eigenvalue weighted by atomic mass is 10.1. The average Bonchev–Trinajstić information content (AvgIpc) is 2.54. The number of nitrogens with one attached hydrogen (secondary N) is 1. The molecule has 2 rings (SSSR count). The lowest BCUT2D eigenvalue weighted by molar-refractivity contribution is -0.111. The lowest BCUT2D eigenvalue weighted by Crippen LogP contribution is -2.08. The van der Waals surface area contributed by atoms with Crippen LogP contribution in [0.2, 0.25) is 0 Å². The van der Waals surface area contributed by atoms with Crippen molar-refractivity contribution >= 4 is 23.5 Å². The lowest BCUT2D eigenvalue weighted by Gasteiger charge is -2.06. The van der Waals surface area contributed by atoms with Gasteiger partial charge in [0.25, 0.3) is 0 Å². The normalized spacial score (nSPS) is 10.5. The second kappa shape index (κ2) is 7.94. The number of benzene rings is 2. The molecule has 2 aromatic carbocycles. The largest absolute Gasteiger partial charge is 0.493 e. The minimum absolute atomic E-state index is 0.0396. The van der Waals surface area contributed by atoms with Gasteiger partial charge in [0.2, 0.25) is 5.91 Å². The van der Waals surface area contributed by atoms with Crippen molar-refractivity contribution in [3.8, 4) is 5.75 Å². The number of Topliss-reactive ketones (excluding diaryl/α,β-unsaturated/α-hetero) is 1. The molecule has 0 aliphatic rings.